The first-order valence-corrected chi connectivity index (χ1v) is 5.98. The maximum atomic E-state index is 10.9. The maximum Gasteiger partial charge on any atom is 0.311 e. The molecule has 1 N–H and O–H groups in total. The fourth-order valence-corrected chi connectivity index (χ4v) is 1.66. The van der Waals surface area contributed by atoms with Crippen LogP contribution in [0.25, 0.3) is 0 Å². The summed E-state index contributed by atoms with van der Waals surface area (Å²) in [6, 6.07) is 6.43. The number of hydrogen-bond donors (Lipinski definition) is 1. The topological polar surface area (TPSA) is 88.2 Å². The number of benzene rings is 1. The Morgan fingerprint density at radius 3 is 2.74 bits per heavy atom. The molecular formula is C13H17N3O3. The lowest BCUT2D eigenvalue weighted by Gasteiger charge is -2.16. The summed E-state index contributed by atoms with van der Waals surface area (Å²) in [5.41, 5.74) is 0.594. The molecule has 0 aromatic heterocycles. The number of nitrogens with zero attached hydrogens (tertiary/aromatic N) is 2. The standard InChI is InChI=1S/C13H17N3O3/c1-9(2)15-11(7-14)8-19-13-10(3)5-4-6-12(13)16(17)18/h4-6,9,11,15H,8H2,1-3H3. The first kappa shape index (κ1) is 14.9. The average molecular weight is 263 g/mol. The van der Waals surface area contributed by atoms with Crippen molar-refractivity contribution in [1.29, 1.82) is 5.26 Å². The predicted octanol–water partition coefficient (Wildman–Crippen LogP) is 2.17. The number of para-hydroxylation sites is 1. The van der Waals surface area contributed by atoms with Crippen LogP contribution >= 0.6 is 0 Å². The van der Waals surface area contributed by atoms with Gasteiger partial charge in [-0.2, -0.15) is 5.26 Å². The van der Waals surface area contributed by atoms with Gasteiger partial charge in [0.05, 0.1) is 11.0 Å². The molecule has 0 saturated heterocycles. The molecule has 0 aliphatic carbocycles. The molecule has 0 radical (unpaired) electrons. The molecule has 0 heterocycles. The van der Waals surface area contributed by atoms with Crippen LogP contribution in [0, 0.1) is 28.4 Å². The Labute approximate surface area is 112 Å². The van der Waals surface area contributed by atoms with Crippen molar-refractivity contribution < 1.29 is 9.66 Å². The molecule has 6 heteroatoms. The number of hydrogen-bond acceptors (Lipinski definition) is 5. The highest BCUT2D eigenvalue weighted by Gasteiger charge is 2.18. The number of nitriles is 1. The van der Waals surface area contributed by atoms with E-state index in [1.165, 1.54) is 6.07 Å². The fraction of sp³-hybridized carbons (Fsp3) is 0.462. The molecule has 0 amide bonds. The molecule has 1 atom stereocenters. The smallest absolute Gasteiger partial charge is 0.311 e. The van der Waals surface area contributed by atoms with Gasteiger partial charge in [0.2, 0.25) is 0 Å². The van der Waals surface area contributed by atoms with Crippen LogP contribution in [-0.2, 0) is 0 Å². The van der Waals surface area contributed by atoms with Crippen LogP contribution in [0.1, 0.15) is 19.4 Å². The van der Waals surface area contributed by atoms with E-state index in [-0.39, 0.29) is 24.1 Å². The Hall–Kier alpha value is -2.13. The van der Waals surface area contributed by atoms with Gasteiger partial charge in [0.1, 0.15) is 12.6 Å². The zero-order valence-corrected chi connectivity index (χ0v) is 11.2. The molecule has 102 valence electrons. The van der Waals surface area contributed by atoms with Crippen LogP contribution in [-0.4, -0.2) is 23.6 Å². The number of aryl methyl sites for hydroxylation is 1. The van der Waals surface area contributed by atoms with E-state index in [2.05, 4.69) is 11.4 Å². The summed E-state index contributed by atoms with van der Waals surface area (Å²) in [6.45, 7) is 5.64. The lowest BCUT2D eigenvalue weighted by Crippen LogP contribution is -2.38. The highest BCUT2D eigenvalue weighted by atomic mass is 16.6. The summed E-state index contributed by atoms with van der Waals surface area (Å²) < 4.78 is 5.46. The average Bonchev–Trinajstić information content (AvgIpc) is 2.34. The first-order chi connectivity index (χ1) is 8.95. The summed E-state index contributed by atoms with van der Waals surface area (Å²) in [5, 5.41) is 22.9. The molecule has 0 bridgehead atoms. The highest BCUT2D eigenvalue weighted by molar-refractivity contribution is 5.51. The third kappa shape index (κ3) is 4.23. The van der Waals surface area contributed by atoms with E-state index in [0.29, 0.717) is 5.56 Å². The number of rotatable bonds is 6. The third-order valence-electron chi connectivity index (χ3n) is 2.47. The van der Waals surface area contributed by atoms with Gasteiger partial charge in [-0.15, -0.1) is 0 Å². The molecule has 0 saturated carbocycles. The van der Waals surface area contributed by atoms with Crippen LogP contribution in [0.5, 0.6) is 5.75 Å². The Kier molecular flexibility index (Phi) is 5.27. The molecule has 0 aliphatic heterocycles. The van der Waals surface area contributed by atoms with E-state index in [1.54, 1.807) is 19.1 Å². The Balaban J connectivity index is 2.82. The second-order valence-corrected chi connectivity index (χ2v) is 4.49. The van der Waals surface area contributed by atoms with Crippen molar-refractivity contribution in [3.05, 3.63) is 33.9 Å². The summed E-state index contributed by atoms with van der Waals surface area (Å²) in [6.07, 6.45) is 0. The zero-order valence-electron chi connectivity index (χ0n) is 11.2. The largest absolute Gasteiger partial charge is 0.484 e. The van der Waals surface area contributed by atoms with Gasteiger partial charge in [0.25, 0.3) is 0 Å². The molecule has 0 fully saturated rings. The molecular weight excluding hydrogens is 246 g/mol. The molecule has 1 rings (SSSR count). The second kappa shape index (κ2) is 6.71. The van der Waals surface area contributed by atoms with Crippen molar-refractivity contribution >= 4 is 5.69 Å². The van der Waals surface area contributed by atoms with Crippen LogP contribution < -0.4 is 10.1 Å². The first-order valence-electron chi connectivity index (χ1n) is 5.98. The van der Waals surface area contributed by atoms with Gasteiger partial charge < -0.3 is 4.74 Å². The van der Waals surface area contributed by atoms with Crippen LogP contribution in [0.15, 0.2) is 18.2 Å². The Bertz CT molecular complexity index is 494. The van der Waals surface area contributed by atoms with E-state index >= 15 is 0 Å². The van der Waals surface area contributed by atoms with Gasteiger partial charge in [-0.3, -0.25) is 15.4 Å². The van der Waals surface area contributed by atoms with Crippen molar-refractivity contribution in [2.24, 2.45) is 0 Å². The van der Waals surface area contributed by atoms with Gasteiger partial charge in [-0.25, -0.2) is 0 Å². The normalized spacial score (nSPS) is 11.9. The lowest BCUT2D eigenvalue weighted by atomic mass is 10.2. The van der Waals surface area contributed by atoms with Gasteiger partial charge in [0, 0.05) is 12.1 Å². The molecule has 19 heavy (non-hydrogen) atoms. The van der Waals surface area contributed by atoms with Gasteiger partial charge in [-0.1, -0.05) is 12.1 Å². The SMILES string of the molecule is Cc1cccc([N+](=O)[O-])c1OCC(C#N)NC(C)C. The third-order valence-corrected chi connectivity index (χ3v) is 2.47. The Morgan fingerprint density at radius 1 is 1.53 bits per heavy atom. The summed E-state index contributed by atoms with van der Waals surface area (Å²) in [5.74, 6) is 0.221. The fourth-order valence-electron chi connectivity index (χ4n) is 1.66. The molecule has 0 aliphatic rings. The van der Waals surface area contributed by atoms with Crippen molar-refractivity contribution in [1.82, 2.24) is 5.32 Å². The summed E-state index contributed by atoms with van der Waals surface area (Å²) in [7, 11) is 0. The van der Waals surface area contributed by atoms with Crippen molar-refractivity contribution in [3.8, 4) is 11.8 Å². The quantitative estimate of drug-likeness (QED) is 0.627. The molecule has 1 aromatic rings. The van der Waals surface area contributed by atoms with E-state index in [9.17, 15) is 10.1 Å². The molecule has 6 nitrogen and oxygen atoms in total. The molecule has 1 unspecified atom stereocenters. The minimum absolute atomic E-state index is 0.0698. The van der Waals surface area contributed by atoms with Gasteiger partial charge in [-0.05, 0) is 26.3 Å². The van der Waals surface area contributed by atoms with E-state index in [4.69, 9.17) is 10.00 Å². The minimum Gasteiger partial charge on any atom is -0.484 e. The molecule has 0 spiro atoms. The molecule has 1 aromatic carbocycles. The number of ether oxygens (including phenoxy) is 1. The Morgan fingerprint density at radius 2 is 2.21 bits per heavy atom. The summed E-state index contributed by atoms with van der Waals surface area (Å²) in [4.78, 5) is 10.4. The predicted molar refractivity (Wildman–Crippen MR) is 71.0 cm³/mol. The van der Waals surface area contributed by atoms with Gasteiger partial charge in [0.15, 0.2) is 5.75 Å². The minimum atomic E-state index is -0.501. The van der Waals surface area contributed by atoms with Crippen LogP contribution in [0.3, 0.4) is 0 Å². The highest BCUT2D eigenvalue weighted by Crippen LogP contribution is 2.30. The van der Waals surface area contributed by atoms with Crippen molar-refractivity contribution in [3.63, 3.8) is 0 Å². The number of nitro benzene ring substituents is 1. The lowest BCUT2D eigenvalue weighted by molar-refractivity contribution is -0.385. The number of nitro groups is 1. The number of nitrogens with one attached hydrogen (secondary N) is 1. The van der Waals surface area contributed by atoms with Crippen molar-refractivity contribution in [2.75, 3.05) is 6.61 Å². The second-order valence-electron chi connectivity index (χ2n) is 4.49. The van der Waals surface area contributed by atoms with Gasteiger partial charge >= 0.3 is 5.69 Å². The van der Waals surface area contributed by atoms with Crippen LogP contribution in [0.2, 0.25) is 0 Å². The zero-order chi connectivity index (χ0) is 14.4. The maximum absolute atomic E-state index is 10.9. The summed E-state index contributed by atoms with van der Waals surface area (Å²) >= 11 is 0. The van der Waals surface area contributed by atoms with E-state index < -0.39 is 11.0 Å². The monoisotopic (exact) mass is 263 g/mol. The van der Waals surface area contributed by atoms with E-state index in [1.807, 2.05) is 13.8 Å². The van der Waals surface area contributed by atoms with E-state index in [0.717, 1.165) is 0 Å². The van der Waals surface area contributed by atoms with Crippen LogP contribution in [0.4, 0.5) is 5.69 Å². The van der Waals surface area contributed by atoms with Crippen molar-refractivity contribution in [2.45, 2.75) is 32.9 Å².